The molecule has 2 bridgehead atoms. The average Bonchev–Trinajstić information content (AvgIpc) is 3.11. The van der Waals surface area contributed by atoms with E-state index in [1.54, 1.807) is 23.5 Å². The Kier molecular flexibility index (Phi) is 5.08. The van der Waals surface area contributed by atoms with Gasteiger partial charge in [-0.1, -0.05) is 12.1 Å². The van der Waals surface area contributed by atoms with Gasteiger partial charge in [-0.2, -0.15) is 0 Å². The highest BCUT2D eigenvalue weighted by atomic mass is 32.1. The molecule has 0 unspecified atom stereocenters. The van der Waals surface area contributed by atoms with E-state index in [0.717, 1.165) is 17.7 Å². The number of rotatable bonds is 5. The molecule has 4 nitrogen and oxygen atoms in total. The van der Waals surface area contributed by atoms with Crippen molar-refractivity contribution in [3.8, 4) is 0 Å². The predicted octanol–water partition coefficient (Wildman–Crippen LogP) is 2.72. The maximum Gasteiger partial charge on any atom is 0.247 e. The van der Waals surface area contributed by atoms with E-state index in [4.69, 9.17) is 9.47 Å². The van der Waals surface area contributed by atoms with Gasteiger partial charge in [0, 0.05) is 17.5 Å². The minimum Gasteiger partial charge on any atom is -0.374 e. The molecule has 118 valence electrons. The summed E-state index contributed by atoms with van der Waals surface area (Å²) in [5, 5.41) is 2.00. The zero-order chi connectivity index (χ0) is 15.4. The molecule has 3 atom stereocenters. The molecule has 1 aliphatic heterocycles. The van der Waals surface area contributed by atoms with Gasteiger partial charge in [0.2, 0.25) is 5.91 Å². The third-order valence-electron chi connectivity index (χ3n) is 4.18. The van der Waals surface area contributed by atoms with E-state index in [1.165, 1.54) is 0 Å². The monoisotopic (exact) mass is 319 g/mol. The lowest BCUT2D eigenvalue weighted by Gasteiger charge is -2.30. The van der Waals surface area contributed by atoms with Crippen LogP contribution in [-0.4, -0.2) is 48.8 Å². The summed E-state index contributed by atoms with van der Waals surface area (Å²) in [7, 11) is 0. The second kappa shape index (κ2) is 7.22. The number of hydrogen-bond acceptors (Lipinski definition) is 4. The summed E-state index contributed by atoms with van der Waals surface area (Å²) in [5.41, 5.74) is 0. The summed E-state index contributed by atoms with van der Waals surface area (Å²) in [4.78, 5) is 15.6. The lowest BCUT2D eigenvalue weighted by atomic mass is 10.1. The Morgan fingerprint density at radius 2 is 2.45 bits per heavy atom. The van der Waals surface area contributed by atoms with Crippen molar-refractivity contribution in [3.63, 3.8) is 0 Å². The molecule has 22 heavy (non-hydrogen) atoms. The molecule has 0 spiro atoms. The Labute approximate surface area is 135 Å². The van der Waals surface area contributed by atoms with Crippen molar-refractivity contribution in [3.05, 3.63) is 41.1 Å². The maximum atomic E-state index is 12.6. The second-order valence-electron chi connectivity index (χ2n) is 5.52. The summed E-state index contributed by atoms with van der Waals surface area (Å²) in [5.74, 6) is 0.0387. The molecule has 1 aromatic heterocycles. The average molecular weight is 319 g/mol. The number of nitrogens with zero attached hydrogens (tertiary/aromatic N) is 1. The fourth-order valence-electron chi connectivity index (χ4n) is 3.20. The van der Waals surface area contributed by atoms with E-state index in [1.807, 2.05) is 28.5 Å². The fourth-order valence-corrected chi connectivity index (χ4v) is 3.82. The van der Waals surface area contributed by atoms with Crippen LogP contribution in [0.1, 0.15) is 17.7 Å². The molecule has 2 aliphatic rings. The quantitative estimate of drug-likeness (QED) is 0.619. The van der Waals surface area contributed by atoms with E-state index < -0.39 is 0 Å². The fraction of sp³-hybridized carbons (Fsp3) is 0.471. The Morgan fingerprint density at radius 3 is 3.23 bits per heavy atom. The number of ether oxygens (including phenoxy) is 2. The van der Waals surface area contributed by atoms with Gasteiger partial charge in [0.15, 0.2) is 0 Å². The first-order valence-electron chi connectivity index (χ1n) is 7.66. The highest BCUT2D eigenvalue weighted by Crippen LogP contribution is 2.32. The van der Waals surface area contributed by atoms with E-state index in [9.17, 15) is 4.79 Å². The predicted molar refractivity (Wildman–Crippen MR) is 87.8 cm³/mol. The molecule has 0 radical (unpaired) electrons. The van der Waals surface area contributed by atoms with Crippen LogP contribution < -0.4 is 0 Å². The van der Waals surface area contributed by atoms with Crippen LogP contribution in [0.2, 0.25) is 0 Å². The zero-order valence-corrected chi connectivity index (χ0v) is 13.3. The second-order valence-corrected chi connectivity index (χ2v) is 6.50. The Bertz CT molecular complexity index is 540. The summed E-state index contributed by atoms with van der Waals surface area (Å²) < 4.78 is 11.7. The van der Waals surface area contributed by atoms with Crippen LogP contribution in [0.4, 0.5) is 0 Å². The molecule has 1 amide bonds. The minimum absolute atomic E-state index is 0.0387. The molecule has 5 heteroatoms. The van der Waals surface area contributed by atoms with Gasteiger partial charge in [-0.25, -0.2) is 0 Å². The molecule has 3 rings (SSSR count). The number of carbonyl (C=O) groups is 1. The maximum absolute atomic E-state index is 12.6. The summed E-state index contributed by atoms with van der Waals surface area (Å²) >= 11 is 1.62. The molecule has 1 saturated carbocycles. The largest absolute Gasteiger partial charge is 0.374 e. The number of thiophene rings is 1. The van der Waals surface area contributed by atoms with Crippen LogP contribution in [0.15, 0.2) is 36.2 Å². The van der Waals surface area contributed by atoms with E-state index in [2.05, 4.69) is 6.58 Å². The first-order valence-corrected chi connectivity index (χ1v) is 8.54. The third kappa shape index (κ3) is 3.32. The van der Waals surface area contributed by atoms with Gasteiger partial charge in [-0.15, -0.1) is 17.9 Å². The number of hydrogen-bond donors (Lipinski definition) is 0. The number of fused-ring (bicyclic) bond motifs is 2. The standard InChI is InChI=1S/C17H21NO3S/c1-2-10-21-17-14-6-7-15(17)20-11-9-18(14)16(19)8-5-13-4-3-12-22-13/h2-5,8,12,14-15,17H,1,6-7,9-11H2/b8-5+/t14-,15-,17-/m1/s1. The van der Waals surface area contributed by atoms with E-state index >= 15 is 0 Å². The lowest BCUT2D eigenvalue weighted by Crippen LogP contribution is -2.45. The van der Waals surface area contributed by atoms with Crippen LogP contribution in [0.3, 0.4) is 0 Å². The Balaban J connectivity index is 1.71. The van der Waals surface area contributed by atoms with Gasteiger partial charge in [0.25, 0.3) is 0 Å². The molecule has 2 fully saturated rings. The van der Waals surface area contributed by atoms with Crippen molar-refractivity contribution in [1.29, 1.82) is 0 Å². The van der Waals surface area contributed by atoms with Crippen LogP contribution >= 0.6 is 11.3 Å². The highest BCUT2D eigenvalue weighted by Gasteiger charge is 2.44. The SMILES string of the molecule is C=CCO[C@@H]1[C@H]2CC[C@H]1OCCN2C(=O)/C=C/c1cccs1. The topological polar surface area (TPSA) is 38.8 Å². The molecule has 0 N–H and O–H groups in total. The zero-order valence-electron chi connectivity index (χ0n) is 12.5. The Hall–Kier alpha value is -1.43. The van der Waals surface area contributed by atoms with Gasteiger partial charge in [-0.05, 0) is 30.4 Å². The van der Waals surface area contributed by atoms with Gasteiger partial charge >= 0.3 is 0 Å². The van der Waals surface area contributed by atoms with Crippen molar-refractivity contribution in [2.45, 2.75) is 31.1 Å². The van der Waals surface area contributed by atoms with E-state index in [-0.39, 0.29) is 24.2 Å². The molecule has 1 aromatic rings. The number of carbonyl (C=O) groups excluding carboxylic acids is 1. The molecule has 2 heterocycles. The van der Waals surface area contributed by atoms with Crippen LogP contribution in [-0.2, 0) is 14.3 Å². The molecule has 1 saturated heterocycles. The van der Waals surface area contributed by atoms with Crippen molar-refractivity contribution in [2.24, 2.45) is 0 Å². The molecule has 0 aromatic carbocycles. The molecule has 1 aliphatic carbocycles. The first kappa shape index (κ1) is 15.5. The summed E-state index contributed by atoms with van der Waals surface area (Å²) in [6.07, 6.45) is 7.23. The Morgan fingerprint density at radius 1 is 1.55 bits per heavy atom. The summed E-state index contributed by atoms with van der Waals surface area (Å²) in [6.45, 7) is 5.39. The lowest BCUT2D eigenvalue weighted by molar-refractivity contribution is -0.130. The van der Waals surface area contributed by atoms with Gasteiger partial charge in [0.1, 0.15) is 6.10 Å². The first-order chi connectivity index (χ1) is 10.8. The molecular weight excluding hydrogens is 298 g/mol. The smallest absolute Gasteiger partial charge is 0.247 e. The van der Waals surface area contributed by atoms with Crippen molar-refractivity contribution < 1.29 is 14.3 Å². The van der Waals surface area contributed by atoms with Gasteiger partial charge in [-0.3, -0.25) is 4.79 Å². The molecular formula is C17H21NO3S. The van der Waals surface area contributed by atoms with Gasteiger partial charge in [0.05, 0.1) is 25.4 Å². The van der Waals surface area contributed by atoms with Gasteiger partial charge < -0.3 is 14.4 Å². The van der Waals surface area contributed by atoms with Crippen LogP contribution in [0, 0.1) is 0 Å². The summed E-state index contributed by atoms with van der Waals surface area (Å²) in [6, 6.07) is 4.09. The normalized spacial score (nSPS) is 28.0. The highest BCUT2D eigenvalue weighted by molar-refractivity contribution is 7.10. The number of amides is 1. The van der Waals surface area contributed by atoms with Crippen molar-refractivity contribution in [1.82, 2.24) is 4.90 Å². The minimum atomic E-state index is -0.0420. The van der Waals surface area contributed by atoms with Crippen LogP contribution in [0.25, 0.3) is 6.08 Å². The van der Waals surface area contributed by atoms with Crippen molar-refractivity contribution >= 4 is 23.3 Å². The van der Waals surface area contributed by atoms with Crippen LogP contribution in [0.5, 0.6) is 0 Å². The third-order valence-corrected chi connectivity index (χ3v) is 5.02. The van der Waals surface area contributed by atoms with E-state index in [0.29, 0.717) is 19.8 Å². The van der Waals surface area contributed by atoms with Crippen molar-refractivity contribution in [2.75, 3.05) is 19.8 Å².